The minimum Gasteiger partial charge on any atom is -0.444 e. The van der Waals surface area contributed by atoms with E-state index >= 15 is 0 Å². The second kappa shape index (κ2) is 14.0. The maximum Gasteiger partial charge on any atom is 0.410 e. The number of benzene rings is 1. The highest BCUT2D eigenvalue weighted by molar-refractivity contribution is 5.77. The maximum atomic E-state index is 13.4. The molecule has 2 aliphatic rings. The van der Waals surface area contributed by atoms with Crippen LogP contribution in [0.4, 0.5) is 22.1 Å². The molecule has 49 heavy (non-hydrogen) atoms. The first-order chi connectivity index (χ1) is 23.5. The number of piperidine rings is 1. The van der Waals surface area contributed by atoms with Crippen molar-refractivity contribution in [2.75, 3.05) is 36.8 Å². The molecule has 1 atom stereocenters. The Morgan fingerprint density at radius 3 is 2.53 bits per heavy atom. The third-order valence-corrected chi connectivity index (χ3v) is 9.17. The first-order valence-corrected chi connectivity index (χ1v) is 17.1. The van der Waals surface area contributed by atoms with Crippen LogP contribution in [0.2, 0.25) is 0 Å². The molecule has 1 aliphatic carbocycles. The van der Waals surface area contributed by atoms with E-state index in [1.54, 1.807) is 15.7 Å². The lowest BCUT2D eigenvalue weighted by molar-refractivity contribution is 0.0198. The quantitative estimate of drug-likeness (QED) is 0.129. The van der Waals surface area contributed by atoms with Gasteiger partial charge < -0.3 is 30.7 Å². The zero-order chi connectivity index (χ0) is 34.8. The van der Waals surface area contributed by atoms with Crippen molar-refractivity contribution in [1.29, 1.82) is 0 Å². The van der Waals surface area contributed by atoms with Gasteiger partial charge in [0.1, 0.15) is 16.6 Å². The van der Waals surface area contributed by atoms with Crippen LogP contribution in [0.3, 0.4) is 0 Å². The molecule has 0 bridgehead atoms. The van der Waals surface area contributed by atoms with Crippen LogP contribution in [0.15, 0.2) is 60.0 Å². The van der Waals surface area contributed by atoms with Crippen LogP contribution in [-0.4, -0.2) is 78.2 Å². The predicted octanol–water partition coefficient (Wildman–Crippen LogP) is 4.85. The molecule has 0 radical (unpaired) electrons. The summed E-state index contributed by atoms with van der Waals surface area (Å²) in [5, 5.41) is 21.8. The molecule has 13 nitrogen and oxygen atoms in total. The molecule has 13 heteroatoms. The number of aliphatic hydroxyl groups is 1. The monoisotopic (exact) mass is 669 g/mol. The topological polar surface area (TPSA) is 151 Å². The van der Waals surface area contributed by atoms with Gasteiger partial charge in [-0.05, 0) is 88.8 Å². The highest BCUT2D eigenvalue weighted by atomic mass is 16.6. The van der Waals surface area contributed by atoms with Crippen molar-refractivity contribution >= 4 is 34.4 Å². The number of likely N-dealkylation sites (tertiary alicyclic amines) is 1. The first-order valence-electron chi connectivity index (χ1n) is 17.1. The number of nitrogens with one attached hydrogen (secondary N) is 3. The fourth-order valence-corrected chi connectivity index (χ4v) is 6.49. The zero-order valence-corrected chi connectivity index (χ0v) is 28.8. The Bertz CT molecular complexity index is 1870. The van der Waals surface area contributed by atoms with Crippen LogP contribution in [0.25, 0.3) is 16.9 Å². The largest absolute Gasteiger partial charge is 0.444 e. The van der Waals surface area contributed by atoms with Crippen LogP contribution in [0, 0.1) is 0 Å². The van der Waals surface area contributed by atoms with Gasteiger partial charge in [-0.2, -0.15) is 4.98 Å². The molecule has 1 saturated heterocycles. The Balaban J connectivity index is 1.08. The van der Waals surface area contributed by atoms with Gasteiger partial charge in [0.05, 0.1) is 12.2 Å². The summed E-state index contributed by atoms with van der Waals surface area (Å²) in [5.74, 6) is 0.841. The van der Waals surface area contributed by atoms with E-state index in [9.17, 15) is 14.7 Å². The van der Waals surface area contributed by atoms with Crippen molar-refractivity contribution < 1.29 is 14.6 Å². The summed E-state index contributed by atoms with van der Waals surface area (Å²) >= 11 is 0. The number of hydrogen-bond acceptors (Lipinski definition) is 10. The van der Waals surface area contributed by atoms with Gasteiger partial charge in [-0.3, -0.25) is 4.79 Å². The molecule has 1 amide bonds. The van der Waals surface area contributed by atoms with Crippen LogP contribution in [-0.2, 0) is 23.3 Å². The number of hydrogen-bond donors (Lipinski definition) is 4. The smallest absolute Gasteiger partial charge is 0.410 e. The SMILES string of the molecule is C=CCn1c(=O)c2cnc(Nc3ccc(NCCNC4CCN(C(=O)OC(C)(C)C)CC4)cc3)nc2n1-c1ccc2c(n1)[C@](O)(CC)CC2. The molecule has 3 aromatic heterocycles. The number of aromatic nitrogens is 5. The number of carbonyl (C=O) groups is 1. The molecule has 0 spiro atoms. The van der Waals surface area contributed by atoms with Gasteiger partial charge in [-0.1, -0.05) is 19.1 Å². The number of allylic oxidation sites excluding steroid dienone is 1. The molecule has 1 aromatic carbocycles. The normalized spacial score (nSPS) is 18.0. The van der Waals surface area contributed by atoms with Gasteiger partial charge in [0.25, 0.3) is 5.56 Å². The Kier molecular flexibility index (Phi) is 9.75. The lowest BCUT2D eigenvalue weighted by atomic mass is 9.98. The van der Waals surface area contributed by atoms with Crippen LogP contribution in [0.5, 0.6) is 0 Å². The molecule has 0 saturated carbocycles. The minimum atomic E-state index is -0.987. The van der Waals surface area contributed by atoms with Gasteiger partial charge in [0.2, 0.25) is 5.95 Å². The van der Waals surface area contributed by atoms with Crippen LogP contribution in [0.1, 0.15) is 64.6 Å². The summed E-state index contributed by atoms with van der Waals surface area (Å²) in [6, 6.07) is 12.1. The maximum absolute atomic E-state index is 13.4. The summed E-state index contributed by atoms with van der Waals surface area (Å²) in [4.78, 5) is 41.5. The molecule has 4 aromatic rings. The number of anilines is 3. The summed E-state index contributed by atoms with van der Waals surface area (Å²) in [7, 11) is 0. The number of aryl methyl sites for hydroxylation is 1. The Morgan fingerprint density at radius 1 is 1.10 bits per heavy atom. The predicted molar refractivity (Wildman–Crippen MR) is 191 cm³/mol. The van der Waals surface area contributed by atoms with Crippen LogP contribution >= 0.6 is 0 Å². The average Bonchev–Trinajstić information content (AvgIpc) is 3.56. The molecule has 1 fully saturated rings. The number of rotatable bonds is 11. The van der Waals surface area contributed by atoms with Crippen LogP contribution < -0.4 is 21.5 Å². The second-order valence-electron chi connectivity index (χ2n) is 13.8. The van der Waals surface area contributed by atoms with E-state index in [2.05, 4.69) is 27.5 Å². The van der Waals surface area contributed by atoms with E-state index < -0.39 is 11.2 Å². The number of pyridine rings is 1. The van der Waals surface area contributed by atoms with Gasteiger partial charge in [0, 0.05) is 49.8 Å². The molecule has 260 valence electrons. The van der Waals surface area contributed by atoms with Gasteiger partial charge >= 0.3 is 6.09 Å². The molecular weight excluding hydrogens is 622 g/mol. The number of nitrogens with zero attached hydrogens (tertiary/aromatic N) is 6. The van der Waals surface area contributed by atoms with E-state index in [1.807, 2.05) is 64.1 Å². The Morgan fingerprint density at radius 2 is 1.84 bits per heavy atom. The number of fused-ring (bicyclic) bond motifs is 2. The fraction of sp³-hybridized carbons (Fsp3) is 0.472. The van der Waals surface area contributed by atoms with Crippen molar-refractivity contribution in [3.8, 4) is 5.82 Å². The Hall–Kier alpha value is -4.75. The zero-order valence-electron chi connectivity index (χ0n) is 28.8. The number of amides is 1. The van der Waals surface area contributed by atoms with Gasteiger partial charge in [0.15, 0.2) is 11.5 Å². The number of ether oxygens (including phenoxy) is 1. The molecule has 0 unspecified atom stereocenters. The van der Waals surface area contributed by atoms with Crippen molar-refractivity contribution in [2.45, 2.75) is 83.6 Å². The van der Waals surface area contributed by atoms with E-state index in [-0.39, 0.29) is 18.2 Å². The molecule has 4 heterocycles. The standard InChI is InChI=1S/C36H47N9O4/c1-6-20-44-32(46)28-23-39-33(42-31(28)45(44)29-13-8-24-14-17-36(48,7-2)30(24)41-29)40-27-11-9-25(10-12-27)37-18-19-38-26-15-21-43(22-16-26)34(47)49-35(3,4)5/h6,8-13,23,26,37-38,48H,1,7,14-22H2,2-5H3,(H,39,40,42)/t36-/m0/s1. The minimum absolute atomic E-state index is 0.237. The highest BCUT2D eigenvalue weighted by Crippen LogP contribution is 2.38. The highest BCUT2D eigenvalue weighted by Gasteiger charge is 2.37. The average molecular weight is 670 g/mol. The lowest BCUT2D eigenvalue weighted by Gasteiger charge is -2.33. The summed E-state index contributed by atoms with van der Waals surface area (Å²) in [5.41, 5.74) is 2.15. The Labute approximate surface area is 286 Å². The summed E-state index contributed by atoms with van der Waals surface area (Å²) in [6.45, 7) is 14.6. The van der Waals surface area contributed by atoms with Gasteiger partial charge in [-0.25, -0.2) is 24.1 Å². The van der Waals surface area contributed by atoms with Crippen molar-refractivity contribution in [1.82, 2.24) is 34.5 Å². The van der Waals surface area contributed by atoms with Gasteiger partial charge in [-0.15, -0.1) is 6.58 Å². The van der Waals surface area contributed by atoms with Crippen molar-refractivity contribution in [2.24, 2.45) is 0 Å². The molecule has 1 aliphatic heterocycles. The third kappa shape index (κ3) is 7.47. The van der Waals surface area contributed by atoms with E-state index in [4.69, 9.17) is 14.7 Å². The molecule has 4 N–H and O–H groups in total. The second-order valence-corrected chi connectivity index (χ2v) is 13.8. The third-order valence-electron chi connectivity index (χ3n) is 9.17. The van der Waals surface area contributed by atoms with Crippen molar-refractivity contribution in [3.05, 3.63) is 76.9 Å². The van der Waals surface area contributed by atoms with E-state index in [0.29, 0.717) is 60.5 Å². The lowest BCUT2D eigenvalue weighted by Crippen LogP contribution is -2.47. The van der Waals surface area contributed by atoms with E-state index in [0.717, 1.165) is 49.3 Å². The molecule has 6 rings (SSSR count). The summed E-state index contributed by atoms with van der Waals surface area (Å²) in [6.07, 6.45) is 6.69. The van der Waals surface area contributed by atoms with E-state index in [1.165, 1.54) is 10.9 Å². The number of carbonyl (C=O) groups excluding carboxylic acids is 1. The van der Waals surface area contributed by atoms with Crippen molar-refractivity contribution in [3.63, 3.8) is 0 Å². The first kappa shape index (κ1) is 34.1. The fourth-order valence-electron chi connectivity index (χ4n) is 6.49. The summed E-state index contributed by atoms with van der Waals surface area (Å²) < 4.78 is 8.72. The molecular formula is C36H47N9O4.